The van der Waals surface area contributed by atoms with Gasteiger partial charge < -0.3 is 4.74 Å². The van der Waals surface area contributed by atoms with Crippen molar-refractivity contribution in [3.05, 3.63) is 28.8 Å². The molecule has 0 N–H and O–H groups in total. The van der Waals surface area contributed by atoms with Gasteiger partial charge in [0, 0.05) is 5.92 Å². The van der Waals surface area contributed by atoms with Crippen LogP contribution in [-0.4, -0.2) is 12.9 Å². The molecule has 1 atom stereocenters. The first-order chi connectivity index (χ1) is 9.36. The summed E-state index contributed by atoms with van der Waals surface area (Å²) >= 11 is 0. The fourth-order valence-corrected chi connectivity index (χ4v) is 3.56. The van der Waals surface area contributed by atoms with Gasteiger partial charge in [-0.3, -0.25) is 4.79 Å². The molecule has 1 aliphatic rings. The molecule has 1 fully saturated rings. The lowest BCUT2D eigenvalue weighted by molar-refractivity contribution is 0.0693. The molecule has 20 heavy (non-hydrogen) atoms. The summed E-state index contributed by atoms with van der Waals surface area (Å²) in [5, 5.41) is 0. The van der Waals surface area contributed by atoms with Crippen LogP contribution in [0.4, 0.5) is 0 Å². The van der Waals surface area contributed by atoms with E-state index in [1.165, 1.54) is 6.42 Å². The van der Waals surface area contributed by atoms with Gasteiger partial charge in [0.05, 0.1) is 12.7 Å². The van der Waals surface area contributed by atoms with E-state index in [0.717, 1.165) is 41.7 Å². The van der Waals surface area contributed by atoms with Crippen molar-refractivity contribution >= 4 is 5.78 Å². The third-order valence-electron chi connectivity index (χ3n) is 4.73. The van der Waals surface area contributed by atoms with Crippen LogP contribution in [0.3, 0.4) is 0 Å². The Hall–Kier alpha value is -1.31. The normalized spacial score (nSPS) is 21.6. The molecule has 1 unspecified atom stereocenters. The van der Waals surface area contributed by atoms with Gasteiger partial charge in [-0.1, -0.05) is 32.8 Å². The van der Waals surface area contributed by atoms with Crippen LogP contribution < -0.4 is 4.74 Å². The Morgan fingerprint density at radius 2 is 1.95 bits per heavy atom. The Balaban J connectivity index is 2.43. The minimum atomic E-state index is 0.0949. The van der Waals surface area contributed by atoms with Crippen molar-refractivity contribution < 1.29 is 9.53 Å². The molecule has 0 amide bonds. The molecule has 110 valence electrons. The van der Waals surface area contributed by atoms with Gasteiger partial charge >= 0.3 is 0 Å². The first-order valence-corrected chi connectivity index (χ1v) is 7.56. The minimum Gasteiger partial charge on any atom is -0.496 e. The van der Waals surface area contributed by atoms with Crippen molar-refractivity contribution in [3.8, 4) is 5.75 Å². The Kier molecular flexibility index (Phi) is 4.22. The van der Waals surface area contributed by atoms with Gasteiger partial charge in [-0.25, -0.2) is 0 Å². The molecule has 1 aromatic carbocycles. The van der Waals surface area contributed by atoms with Crippen LogP contribution in [0.25, 0.3) is 0 Å². The topological polar surface area (TPSA) is 26.3 Å². The average molecular weight is 274 g/mol. The number of ketones is 1. The van der Waals surface area contributed by atoms with Gasteiger partial charge in [0.25, 0.3) is 0 Å². The van der Waals surface area contributed by atoms with Crippen LogP contribution in [0.5, 0.6) is 5.75 Å². The summed E-state index contributed by atoms with van der Waals surface area (Å²) in [6.45, 7) is 8.50. The molecule has 1 aliphatic carbocycles. The number of aryl methyl sites for hydroxylation is 2. The molecule has 0 bridgehead atoms. The molecular formula is C18H26O2. The standard InChI is InChI=1S/C18H26O2/c1-12-10-13(2)16(15(11-12)20-5)17(19)14-8-6-7-9-18(14,3)4/h10-11,14H,6-9H2,1-5H3. The van der Waals surface area contributed by atoms with Gasteiger partial charge in [0.2, 0.25) is 0 Å². The fraction of sp³-hybridized carbons (Fsp3) is 0.611. The quantitative estimate of drug-likeness (QED) is 0.746. The zero-order valence-corrected chi connectivity index (χ0v) is 13.4. The maximum absolute atomic E-state index is 13.0. The summed E-state index contributed by atoms with van der Waals surface area (Å²) in [5.41, 5.74) is 3.06. The largest absolute Gasteiger partial charge is 0.496 e. The molecule has 0 aromatic heterocycles. The number of hydrogen-bond acceptors (Lipinski definition) is 2. The Labute approximate surface area is 122 Å². The highest BCUT2D eigenvalue weighted by Crippen LogP contribution is 2.43. The highest BCUT2D eigenvalue weighted by molar-refractivity contribution is 6.02. The van der Waals surface area contributed by atoms with Gasteiger partial charge in [-0.2, -0.15) is 0 Å². The summed E-state index contributed by atoms with van der Waals surface area (Å²) in [5.74, 6) is 1.12. The number of benzene rings is 1. The van der Waals surface area contributed by atoms with Crippen molar-refractivity contribution in [2.24, 2.45) is 11.3 Å². The zero-order valence-electron chi connectivity index (χ0n) is 13.4. The van der Waals surface area contributed by atoms with Gasteiger partial charge in [-0.05, 0) is 49.3 Å². The van der Waals surface area contributed by atoms with Crippen molar-refractivity contribution in [2.45, 2.75) is 53.4 Å². The predicted octanol–water partition coefficient (Wildman–Crippen LogP) is 4.71. The fourth-order valence-electron chi connectivity index (χ4n) is 3.56. The van der Waals surface area contributed by atoms with E-state index < -0.39 is 0 Å². The van der Waals surface area contributed by atoms with E-state index in [2.05, 4.69) is 19.9 Å². The second kappa shape index (κ2) is 5.59. The summed E-state index contributed by atoms with van der Waals surface area (Å²) in [6.07, 6.45) is 4.53. The highest BCUT2D eigenvalue weighted by Gasteiger charge is 2.38. The van der Waals surface area contributed by atoms with Crippen LogP contribution in [0.15, 0.2) is 12.1 Å². The van der Waals surface area contributed by atoms with Crippen LogP contribution in [0, 0.1) is 25.2 Å². The van der Waals surface area contributed by atoms with E-state index in [1.807, 2.05) is 19.9 Å². The molecule has 1 saturated carbocycles. The third-order valence-corrected chi connectivity index (χ3v) is 4.73. The molecule has 0 aliphatic heterocycles. The van der Waals surface area contributed by atoms with E-state index in [0.29, 0.717) is 0 Å². The van der Waals surface area contributed by atoms with Crippen LogP contribution in [0.1, 0.15) is 61.0 Å². The number of ether oxygens (including phenoxy) is 1. The number of carbonyl (C=O) groups is 1. The summed E-state index contributed by atoms with van der Waals surface area (Å²) in [7, 11) is 1.65. The Bertz CT molecular complexity index is 514. The smallest absolute Gasteiger partial charge is 0.170 e. The van der Waals surface area contributed by atoms with Crippen LogP contribution in [-0.2, 0) is 0 Å². The molecule has 2 rings (SSSR count). The number of carbonyl (C=O) groups excluding carboxylic acids is 1. The molecule has 2 heteroatoms. The summed E-state index contributed by atoms with van der Waals surface area (Å²) in [4.78, 5) is 13.0. The number of rotatable bonds is 3. The zero-order chi connectivity index (χ0) is 14.9. The number of Topliss-reactive ketones (excluding diaryl/α,β-unsaturated/α-hetero) is 1. The molecule has 2 nitrogen and oxygen atoms in total. The van der Waals surface area contributed by atoms with Gasteiger partial charge in [0.1, 0.15) is 5.75 Å². The summed E-state index contributed by atoms with van der Waals surface area (Å²) < 4.78 is 5.47. The minimum absolute atomic E-state index is 0.0949. The van der Waals surface area contributed by atoms with Crippen molar-refractivity contribution in [2.75, 3.05) is 7.11 Å². The number of methoxy groups -OCH3 is 1. The van der Waals surface area contributed by atoms with Gasteiger partial charge in [0.15, 0.2) is 5.78 Å². The lowest BCUT2D eigenvalue weighted by Crippen LogP contribution is -2.34. The summed E-state index contributed by atoms with van der Waals surface area (Å²) in [6, 6.07) is 4.04. The maximum atomic E-state index is 13.0. The van der Waals surface area contributed by atoms with Crippen molar-refractivity contribution in [1.82, 2.24) is 0 Å². The second-order valence-electron chi connectivity index (χ2n) is 6.81. The van der Waals surface area contributed by atoms with Crippen LogP contribution in [0.2, 0.25) is 0 Å². The lowest BCUT2D eigenvalue weighted by atomic mass is 9.66. The molecule has 0 heterocycles. The van der Waals surface area contributed by atoms with Crippen molar-refractivity contribution in [3.63, 3.8) is 0 Å². The van der Waals surface area contributed by atoms with E-state index in [-0.39, 0.29) is 17.1 Å². The lowest BCUT2D eigenvalue weighted by Gasteiger charge is -2.38. The first kappa shape index (κ1) is 15.1. The monoisotopic (exact) mass is 274 g/mol. The Morgan fingerprint density at radius 1 is 1.25 bits per heavy atom. The molecule has 0 saturated heterocycles. The van der Waals surface area contributed by atoms with E-state index >= 15 is 0 Å². The van der Waals surface area contributed by atoms with E-state index in [9.17, 15) is 4.79 Å². The van der Waals surface area contributed by atoms with Crippen LogP contribution >= 0.6 is 0 Å². The molecular weight excluding hydrogens is 248 g/mol. The maximum Gasteiger partial charge on any atom is 0.170 e. The predicted molar refractivity (Wildman–Crippen MR) is 82.5 cm³/mol. The number of hydrogen-bond donors (Lipinski definition) is 0. The van der Waals surface area contributed by atoms with E-state index in [1.54, 1.807) is 7.11 Å². The highest BCUT2D eigenvalue weighted by atomic mass is 16.5. The Morgan fingerprint density at radius 3 is 2.55 bits per heavy atom. The SMILES string of the molecule is COc1cc(C)cc(C)c1C(=O)C1CCCCC1(C)C. The molecule has 1 aromatic rings. The average Bonchev–Trinajstić information content (AvgIpc) is 2.36. The van der Waals surface area contributed by atoms with Gasteiger partial charge in [-0.15, -0.1) is 0 Å². The molecule has 0 radical (unpaired) electrons. The first-order valence-electron chi connectivity index (χ1n) is 7.56. The third kappa shape index (κ3) is 2.74. The van der Waals surface area contributed by atoms with Crippen molar-refractivity contribution in [1.29, 1.82) is 0 Å². The molecule has 0 spiro atoms. The second-order valence-corrected chi connectivity index (χ2v) is 6.81. The van der Waals surface area contributed by atoms with E-state index in [4.69, 9.17) is 4.74 Å².